The predicted octanol–water partition coefficient (Wildman–Crippen LogP) is 3.56. The molecule has 0 heterocycles. The van der Waals surface area contributed by atoms with Gasteiger partial charge in [0.05, 0.1) is 10.5 Å². The Labute approximate surface area is 137 Å². The summed E-state index contributed by atoms with van der Waals surface area (Å²) in [4.78, 5) is 21.9. The quantitative estimate of drug-likeness (QED) is 0.291. The first kappa shape index (κ1) is 19.1. The number of nitro benzene ring substituents is 1. The molecule has 0 bridgehead atoms. The Hall–Kier alpha value is -1.95. The molecule has 0 spiro atoms. The minimum Gasteiger partial charge on any atom is -0.461 e. The second-order valence-corrected chi connectivity index (χ2v) is 5.56. The summed E-state index contributed by atoms with van der Waals surface area (Å²) in [7, 11) is 0. The zero-order chi connectivity index (χ0) is 17.1. The highest BCUT2D eigenvalue weighted by Gasteiger charge is 2.10. The minimum atomic E-state index is -0.498. The maximum absolute atomic E-state index is 11.8. The van der Waals surface area contributed by atoms with Gasteiger partial charge in [0.1, 0.15) is 6.61 Å². The highest BCUT2D eigenvalue weighted by Crippen LogP contribution is 2.13. The molecule has 128 valence electrons. The summed E-state index contributed by atoms with van der Waals surface area (Å²) in [5.41, 5.74) is 0.283. The van der Waals surface area contributed by atoms with E-state index in [2.05, 4.69) is 19.2 Å². The van der Waals surface area contributed by atoms with Crippen molar-refractivity contribution in [3.8, 4) is 0 Å². The number of nitrogens with zero attached hydrogens (tertiary/aromatic N) is 1. The molecule has 0 saturated carbocycles. The molecule has 0 aliphatic rings. The first-order chi connectivity index (χ1) is 11.1. The molecular formula is C17H26N2O4. The lowest BCUT2D eigenvalue weighted by Crippen LogP contribution is -2.27. The van der Waals surface area contributed by atoms with Gasteiger partial charge in [-0.1, -0.05) is 33.1 Å². The van der Waals surface area contributed by atoms with Crippen LogP contribution in [0.15, 0.2) is 24.3 Å². The van der Waals surface area contributed by atoms with Crippen molar-refractivity contribution >= 4 is 11.7 Å². The third kappa shape index (κ3) is 7.23. The number of ether oxygens (including phenoxy) is 1. The van der Waals surface area contributed by atoms with E-state index in [1.807, 2.05) is 0 Å². The van der Waals surface area contributed by atoms with Gasteiger partial charge in [0.25, 0.3) is 5.69 Å². The standard InChI is InChI=1S/C17H26N2O4/c1-3-5-6-14(4-2)13-18-11-12-23-17(20)15-7-9-16(10-8-15)19(21)22/h7-10,14,18H,3-6,11-13H2,1-2H3/t14-/m0/s1. The number of benzene rings is 1. The molecule has 0 unspecified atom stereocenters. The number of nitrogens with one attached hydrogen (secondary N) is 1. The van der Waals surface area contributed by atoms with Gasteiger partial charge < -0.3 is 10.1 Å². The lowest BCUT2D eigenvalue weighted by atomic mass is 9.99. The number of rotatable bonds is 11. The molecule has 23 heavy (non-hydrogen) atoms. The largest absolute Gasteiger partial charge is 0.461 e. The third-order valence-electron chi connectivity index (χ3n) is 3.80. The molecule has 1 atom stereocenters. The van der Waals surface area contributed by atoms with Crippen molar-refractivity contribution in [1.29, 1.82) is 0 Å². The van der Waals surface area contributed by atoms with E-state index in [1.54, 1.807) is 0 Å². The number of hydrogen-bond acceptors (Lipinski definition) is 5. The van der Waals surface area contributed by atoms with E-state index in [-0.39, 0.29) is 5.69 Å². The summed E-state index contributed by atoms with van der Waals surface area (Å²) < 4.78 is 5.15. The average Bonchev–Trinajstić information content (AvgIpc) is 2.57. The molecule has 6 heteroatoms. The van der Waals surface area contributed by atoms with E-state index in [0.717, 1.165) is 13.0 Å². The van der Waals surface area contributed by atoms with E-state index in [0.29, 0.717) is 24.6 Å². The monoisotopic (exact) mass is 322 g/mol. The second-order valence-electron chi connectivity index (χ2n) is 5.56. The van der Waals surface area contributed by atoms with Crippen LogP contribution >= 0.6 is 0 Å². The number of unbranched alkanes of at least 4 members (excludes halogenated alkanes) is 1. The summed E-state index contributed by atoms with van der Waals surface area (Å²) in [5.74, 6) is 0.208. The van der Waals surface area contributed by atoms with E-state index in [1.165, 1.54) is 43.5 Å². The van der Waals surface area contributed by atoms with Gasteiger partial charge in [-0.2, -0.15) is 0 Å². The van der Waals surface area contributed by atoms with Gasteiger partial charge in [0.2, 0.25) is 0 Å². The molecule has 1 aromatic carbocycles. The topological polar surface area (TPSA) is 81.5 Å². The number of carbonyl (C=O) groups excluding carboxylic acids is 1. The number of esters is 1. The van der Waals surface area contributed by atoms with Gasteiger partial charge in [-0.05, 0) is 31.0 Å². The van der Waals surface area contributed by atoms with Crippen LogP contribution in [0.5, 0.6) is 0 Å². The van der Waals surface area contributed by atoms with Crippen LogP contribution in [0.2, 0.25) is 0 Å². The van der Waals surface area contributed by atoms with Gasteiger partial charge in [0, 0.05) is 18.7 Å². The Kier molecular flexibility index (Phi) is 8.90. The maximum atomic E-state index is 11.8. The molecule has 0 radical (unpaired) electrons. The van der Waals surface area contributed by atoms with Crippen molar-refractivity contribution in [3.05, 3.63) is 39.9 Å². The van der Waals surface area contributed by atoms with E-state index in [9.17, 15) is 14.9 Å². The highest BCUT2D eigenvalue weighted by atomic mass is 16.6. The zero-order valence-electron chi connectivity index (χ0n) is 13.9. The Balaban J connectivity index is 2.24. The van der Waals surface area contributed by atoms with Gasteiger partial charge in [-0.15, -0.1) is 0 Å². The van der Waals surface area contributed by atoms with E-state index >= 15 is 0 Å². The average molecular weight is 322 g/mol. The number of nitro groups is 1. The first-order valence-electron chi connectivity index (χ1n) is 8.20. The number of non-ortho nitro benzene ring substituents is 1. The van der Waals surface area contributed by atoms with Crippen molar-refractivity contribution in [1.82, 2.24) is 5.32 Å². The Morgan fingerprint density at radius 1 is 1.30 bits per heavy atom. The number of hydrogen-bond donors (Lipinski definition) is 1. The Bertz CT molecular complexity index is 488. The normalized spacial score (nSPS) is 11.9. The van der Waals surface area contributed by atoms with Crippen LogP contribution in [0.4, 0.5) is 5.69 Å². The van der Waals surface area contributed by atoms with E-state index in [4.69, 9.17) is 4.74 Å². The van der Waals surface area contributed by atoms with Crippen LogP contribution in [0.25, 0.3) is 0 Å². The lowest BCUT2D eigenvalue weighted by molar-refractivity contribution is -0.384. The summed E-state index contributed by atoms with van der Waals surface area (Å²) in [6, 6.07) is 5.42. The Morgan fingerprint density at radius 2 is 2.00 bits per heavy atom. The fraction of sp³-hybridized carbons (Fsp3) is 0.588. The minimum absolute atomic E-state index is 0.0408. The summed E-state index contributed by atoms with van der Waals surface area (Å²) >= 11 is 0. The maximum Gasteiger partial charge on any atom is 0.338 e. The highest BCUT2D eigenvalue weighted by molar-refractivity contribution is 5.89. The summed E-state index contributed by atoms with van der Waals surface area (Å²) in [6.45, 7) is 6.22. The van der Waals surface area contributed by atoms with Gasteiger partial charge in [-0.3, -0.25) is 10.1 Å². The zero-order valence-corrected chi connectivity index (χ0v) is 13.9. The van der Waals surface area contributed by atoms with Crippen LogP contribution in [-0.2, 0) is 4.74 Å². The Morgan fingerprint density at radius 3 is 2.57 bits per heavy atom. The molecule has 6 nitrogen and oxygen atoms in total. The molecule has 0 aliphatic heterocycles. The SMILES string of the molecule is CCCC[C@H](CC)CNCCOC(=O)c1ccc([N+](=O)[O-])cc1. The first-order valence-corrected chi connectivity index (χ1v) is 8.20. The summed E-state index contributed by atoms with van der Waals surface area (Å²) in [6.07, 6.45) is 4.83. The molecule has 0 amide bonds. The van der Waals surface area contributed by atoms with Crippen molar-refractivity contribution < 1.29 is 14.5 Å². The lowest BCUT2D eigenvalue weighted by Gasteiger charge is -2.15. The van der Waals surface area contributed by atoms with Crippen molar-refractivity contribution in [3.63, 3.8) is 0 Å². The third-order valence-corrected chi connectivity index (χ3v) is 3.80. The van der Waals surface area contributed by atoms with Gasteiger partial charge in [0.15, 0.2) is 0 Å². The van der Waals surface area contributed by atoms with Crippen LogP contribution in [0, 0.1) is 16.0 Å². The van der Waals surface area contributed by atoms with Crippen LogP contribution < -0.4 is 5.32 Å². The molecular weight excluding hydrogens is 296 g/mol. The number of carbonyl (C=O) groups is 1. The van der Waals surface area contributed by atoms with Gasteiger partial charge >= 0.3 is 5.97 Å². The van der Waals surface area contributed by atoms with Crippen molar-refractivity contribution in [2.24, 2.45) is 5.92 Å². The van der Waals surface area contributed by atoms with E-state index < -0.39 is 10.9 Å². The van der Waals surface area contributed by atoms with Crippen molar-refractivity contribution in [2.45, 2.75) is 39.5 Å². The van der Waals surface area contributed by atoms with Crippen molar-refractivity contribution in [2.75, 3.05) is 19.7 Å². The van der Waals surface area contributed by atoms with Crippen LogP contribution in [-0.4, -0.2) is 30.6 Å². The molecule has 1 aromatic rings. The molecule has 0 saturated heterocycles. The van der Waals surface area contributed by atoms with Crippen LogP contribution in [0.3, 0.4) is 0 Å². The smallest absolute Gasteiger partial charge is 0.338 e. The van der Waals surface area contributed by atoms with Gasteiger partial charge in [-0.25, -0.2) is 4.79 Å². The molecule has 0 aliphatic carbocycles. The molecule has 0 aromatic heterocycles. The molecule has 0 fully saturated rings. The fourth-order valence-electron chi connectivity index (χ4n) is 2.27. The summed E-state index contributed by atoms with van der Waals surface area (Å²) in [5, 5.41) is 13.9. The molecule has 1 N–H and O–H groups in total. The second kappa shape index (κ2) is 10.7. The predicted molar refractivity (Wildman–Crippen MR) is 89.6 cm³/mol. The molecule has 1 rings (SSSR count). The fourth-order valence-corrected chi connectivity index (χ4v) is 2.27. The van der Waals surface area contributed by atoms with Crippen LogP contribution in [0.1, 0.15) is 49.9 Å².